The average Bonchev–Trinajstić information content (AvgIpc) is 2.37. The van der Waals surface area contributed by atoms with Crippen molar-refractivity contribution in [2.75, 3.05) is 6.54 Å². The van der Waals surface area contributed by atoms with Crippen molar-refractivity contribution in [3.63, 3.8) is 0 Å². The first kappa shape index (κ1) is 18.0. The molecule has 22 heavy (non-hydrogen) atoms. The van der Waals surface area contributed by atoms with Gasteiger partial charge in [-0.2, -0.15) is 13.2 Å². The van der Waals surface area contributed by atoms with Gasteiger partial charge in [0.05, 0.1) is 11.0 Å². The molecule has 4 nitrogen and oxygen atoms in total. The molecule has 0 saturated carbocycles. The smallest absolute Gasteiger partial charge is 0.394 e. The molecule has 0 saturated heterocycles. The largest absolute Gasteiger partial charge is 0.478 e. The van der Waals surface area contributed by atoms with Gasteiger partial charge in [0.1, 0.15) is 0 Å². The van der Waals surface area contributed by atoms with Crippen molar-refractivity contribution >= 4 is 11.9 Å². The van der Waals surface area contributed by atoms with Crippen LogP contribution in [0.3, 0.4) is 0 Å². The summed E-state index contributed by atoms with van der Waals surface area (Å²) in [5.41, 5.74) is -1.27. The Morgan fingerprint density at radius 3 is 2.41 bits per heavy atom. The van der Waals surface area contributed by atoms with Gasteiger partial charge in [-0.3, -0.25) is 4.79 Å². The molecule has 122 valence electrons. The van der Waals surface area contributed by atoms with Crippen molar-refractivity contribution in [2.45, 2.75) is 32.9 Å². The number of benzene rings is 1. The number of alkyl halides is 3. The lowest BCUT2D eigenvalue weighted by Gasteiger charge is -2.26. The third-order valence-corrected chi connectivity index (χ3v) is 3.28. The Morgan fingerprint density at radius 1 is 1.23 bits per heavy atom. The summed E-state index contributed by atoms with van der Waals surface area (Å²) < 4.78 is 38.0. The van der Waals surface area contributed by atoms with E-state index in [1.807, 2.05) is 0 Å². The Balaban J connectivity index is 2.49. The molecule has 0 aliphatic rings. The minimum absolute atomic E-state index is 0.127. The molecule has 0 radical (unpaired) electrons. The molecule has 0 aliphatic heterocycles. The second kappa shape index (κ2) is 6.81. The van der Waals surface area contributed by atoms with Crippen LogP contribution in [0.15, 0.2) is 24.3 Å². The molecule has 0 unspecified atom stereocenters. The monoisotopic (exact) mass is 317 g/mol. The lowest BCUT2D eigenvalue weighted by atomic mass is 9.88. The van der Waals surface area contributed by atoms with Gasteiger partial charge in [0.15, 0.2) is 0 Å². The van der Waals surface area contributed by atoms with Crippen molar-refractivity contribution in [3.05, 3.63) is 35.4 Å². The van der Waals surface area contributed by atoms with E-state index in [4.69, 9.17) is 5.11 Å². The van der Waals surface area contributed by atoms with Crippen LogP contribution in [0.25, 0.3) is 0 Å². The summed E-state index contributed by atoms with van der Waals surface area (Å²) in [7, 11) is 0. The van der Waals surface area contributed by atoms with Gasteiger partial charge in [0, 0.05) is 13.0 Å². The van der Waals surface area contributed by atoms with Gasteiger partial charge in [-0.05, 0) is 24.1 Å². The van der Waals surface area contributed by atoms with E-state index in [0.717, 1.165) is 13.8 Å². The summed E-state index contributed by atoms with van der Waals surface area (Å²) >= 11 is 0. The normalized spacial score (nSPS) is 12.0. The number of carbonyl (C=O) groups excluding carboxylic acids is 1. The number of carboxylic acid groups (broad SMARTS) is 1. The molecular weight excluding hydrogens is 299 g/mol. The summed E-state index contributed by atoms with van der Waals surface area (Å²) in [4.78, 5) is 22.4. The fourth-order valence-corrected chi connectivity index (χ4v) is 1.77. The minimum atomic E-state index is -4.44. The van der Waals surface area contributed by atoms with Crippen LogP contribution in [-0.2, 0) is 11.2 Å². The van der Waals surface area contributed by atoms with Crippen LogP contribution in [0.2, 0.25) is 0 Å². The van der Waals surface area contributed by atoms with Crippen molar-refractivity contribution < 1.29 is 27.9 Å². The fraction of sp³-hybridized carbons (Fsp3) is 0.467. The predicted octanol–water partition coefficient (Wildman–Crippen LogP) is 3.02. The first-order chi connectivity index (χ1) is 10.0. The van der Waals surface area contributed by atoms with Crippen molar-refractivity contribution in [3.8, 4) is 0 Å². The predicted molar refractivity (Wildman–Crippen MR) is 74.6 cm³/mol. The summed E-state index contributed by atoms with van der Waals surface area (Å²) in [5.74, 6) is -1.74. The van der Waals surface area contributed by atoms with Gasteiger partial charge in [-0.15, -0.1) is 0 Å². The van der Waals surface area contributed by atoms with E-state index in [-0.39, 0.29) is 12.1 Å². The number of halogens is 3. The van der Waals surface area contributed by atoms with Gasteiger partial charge in [-0.25, -0.2) is 4.79 Å². The summed E-state index contributed by atoms with van der Waals surface area (Å²) in [5, 5.41) is 11.3. The minimum Gasteiger partial charge on any atom is -0.478 e. The number of aromatic carboxylic acids is 1. The molecule has 1 aromatic carbocycles. The van der Waals surface area contributed by atoms with Crippen LogP contribution in [0.4, 0.5) is 13.2 Å². The number of carboxylic acids is 1. The van der Waals surface area contributed by atoms with Crippen LogP contribution in [0, 0.1) is 5.41 Å². The van der Waals surface area contributed by atoms with Crippen molar-refractivity contribution in [1.29, 1.82) is 0 Å². The number of amides is 1. The molecule has 0 atom stereocenters. The molecule has 7 heteroatoms. The van der Waals surface area contributed by atoms with E-state index in [0.29, 0.717) is 12.0 Å². The Kier molecular flexibility index (Phi) is 5.57. The zero-order valence-electron chi connectivity index (χ0n) is 12.3. The standard InChI is InChI=1S/C15H18F3NO3/c1-14(2,15(16,17)18)9-12(20)19-7-6-10-4-3-5-11(8-10)13(21)22/h3-5,8H,6-7,9H2,1-2H3,(H,19,20)(H,21,22). The highest BCUT2D eigenvalue weighted by atomic mass is 19.4. The first-order valence-corrected chi connectivity index (χ1v) is 6.68. The van der Waals surface area contributed by atoms with Crippen LogP contribution in [0.1, 0.15) is 36.2 Å². The Morgan fingerprint density at radius 2 is 1.86 bits per heavy atom. The third-order valence-electron chi connectivity index (χ3n) is 3.28. The van der Waals surface area contributed by atoms with Crippen LogP contribution >= 0.6 is 0 Å². The zero-order chi connectivity index (χ0) is 17.0. The molecule has 2 N–H and O–H groups in total. The zero-order valence-corrected chi connectivity index (χ0v) is 12.3. The molecule has 1 amide bonds. The molecule has 0 aliphatic carbocycles. The quantitative estimate of drug-likeness (QED) is 0.847. The summed E-state index contributed by atoms with van der Waals surface area (Å²) in [6, 6.07) is 6.18. The molecule has 0 heterocycles. The topological polar surface area (TPSA) is 66.4 Å². The highest BCUT2D eigenvalue weighted by Crippen LogP contribution is 2.40. The molecule has 1 aromatic rings. The highest BCUT2D eigenvalue weighted by molar-refractivity contribution is 5.87. The summed E-state index contributed by atoms with van der Waals surface area (Å²) in [6.45, 7) is 2.10. The molecular formula is C15H18F3NO3. The number of carbonyl (C=O) groups is 2. The third kappa shape index (κ3) is 5.05. The average molecular weight is 317 g/mol. The molecule has 0 aromatic heterocycles. The fourth-order valence-electron chi connectivity index (χ4n) is 1.77. The van der Waals surface area contributed by atoms with E-state index in [2.05, 4.69) is 5.32 Å². The van der Waals surface area contributed by atoms with E-state index in [9.17, 15) is 22.8 Å². The van der Waals surface area contributed by atoms with E-state index < -0.39 is 29.9 Å². The van der Waals surface area contributed by atoms with Crippen molar-refractivity contribution in [2.24, 2.45) is 5.41 Å². The molecule has 1 rings (SSSR count). The number of rotatable bonds is 6. The molecule has 0 spiro atoms. The lowest BCUT2D eigenvalue weighted by molar-refractivity contribution is -0.213. The van der Waals surface area contributed by atoms with Crippen LogP contribution in [-0.4, -0.2) is 29.7 Å². The Bertz CT molecular complexity index is 553. The van der Waals surface area contributed by atoms with E-state index in [1.165, 1.54) is 12.1 Å². The van der Waals surface area contributed by atoms with Gasteiger partial charge in [0.25, 0.3) is 0 Å². The van der Waals surface area contributed by atoms with E-state index in [1.54, 1.807) is 12.1 Å². The Labute approximate surface area is 126 Å². The maximum Gasteiger partial charge on any atom is 0.394 e. The number of nitrogens with one attached hydrogen (secondary N) is 1. The highest BCUT2D eigenvalue weighted by Gasteiger charge is 2.48. The SMILES string of the molecule is CC(C)(CC(=O)NCCc1cccc(C(=O)O)c1)C(F)(F)F. The van der Waals surface area contributed by atoms with Crippen molar-refractivity contribution in [1.82, 2.24) is 5.32 Å². The molecule has 0 bridgehead atoms. The number of hydrogen-bond acceptors (Lipinski definition) is 2. The van der Waals surface area contributed by atoms with Gasteiger partial charge < -0.3 is 10.4 Å². The maximum atomic E-state index is 12.7. The lowest BCUT2D eigenvalue weighted by Crippen LogP contribution is -2.38. The second-order valence-corrected chi connectivity index (χ2v) is 5.66. The van der Waals surface area contributed by atoms with Crippen LogP contribution in [0.5, 0.6) is 0 Å². The molecule has 0 fully saturated rings. The van der Waals surface area contributed by atoms with E-state index >= 15 is 0 Å². The van der Waals surface area contributed by atoms with Gasteiger partial charge in [0.2, 0.25) is 5.91 Å². The van der Waals surface area contributed by atoms with Gasteiger partial charge in [-0.1, -0.05) is 26.0 Å². The van der Waals surface area contributed by atoms with Gasteiger partial charge >= 0.3 is 12.1 Å². The number of hydrogen-bond donors (Lipinski definition) is 2. The van der Waals surface area contributed by atoms with Crippen LogP contribution < -0.4 is 5.32 Å². The second-order valence-electron chi connectivity index (χ2n) is 5.66. The summed E-state index contributed by atoms with van der Waals surface area (Å²) in [6.07, 6.45) is -4.74. The maximum absolute atomic E-state index is 12.7. The first-order valence-electron chi connectivity index (χ1n) is 6.68. The Hall–Kier alpha value is -2.05.